The Morgan fingerprint density at radius 1 is 1.16 bits per heavy atom. The first-order chi connectivity index (χ1) is 15.5. The fraction of sp³-hybridized carbons (Fsp3) is 0.250. The van der Waals surface area contributed by atoms with Crippen molar-refractivity contribution in [1.29, 1.82) is 0 Å². The second kappa shape index (κ2) is 9.92. The summed E-state index contributed by atoms with van der Waals surface area (Å²) in [5, 5.41) is 22.9. The number of nitro benzene ring substituents is 1. The summed E-state index contributed by atoms with van der Waals surface area (Å²) in [6.07, 6.45) is 0. The zero-order valence-corrected chi connectivity index (χ0v) is 18.4. The lowest BCUT2D eigenvalue weighted by molar-refractivity contribution is -0.384. The van der Waals surface area contributed by atoms with Crippen LogP contribution in [0.1, 0.15) is 0 Å². The van der Waals surface area contributed by atoms with Crippen molar-refractivity contribution in [2.24, 2.45) is 0 Å². The summed E-state index contributed by atoms with van der Waals surface area (Å²) < 4.78 is 13.9. The molecule has 0 unspecified atom stereocenters. The van der Waals surface area contributed by atoms with Crippen molar-refractivity contribution < 1.29 is 14.1 Å². The second-order valence-electron chi connectivity index (χ2n) is 6.91. The van der Waals surface area contributed by atoms with Crippen LogP contribution in [0, 0.1) is 15.9 Å². The van der Waals surface area contributed by atoms with E-state index in [9.17, 15) is 19.3 Å². The van der Waals surface area contributed by atoms with E-state index in [0.29, 0.717) is 47.0 Å². The van der Waals surface area contributed by atoms with E-state index in [-0.39, 0.29) is 28.1 Å². The molecule has 0 aliphatic carbocycles. The van der Waals surface area contributed by atoms with E-state index >= 15 is 0 Å². The third kappa shape index (κ3) is 5.32. The summed E-state index contributed by atoms with van der Waals surface area (Å²) >= 11 is 2.59. The number of nitro groups is 1. The molecule has 0 spiro atoms. The van der Waals surface area contributed by atoms with Crippen molar-refractivity contribution >= 4 is 51.2 Å². The van der Waals surface area contributed by atoms with Gasteiger partial charge in [-0.3, -0.25) is 14.9 Å². The van der Waals surface area contributed by atoms with Gasteiger partial charge < -0.3 is 15.1 Å². The van der Waals surface area contributed by atoms with Gasteiger partial charge in [0.15, 0.2) is 4.34 Å². The maximum Gasteiger partial charge on any atom is 0.292 e. The normalized spacial score (nSPS) is 13.8. The van der Waals surface area contributed by atoms with Crippen molar-refractivity contribution in [1.82, 2.24) is 15.1 Å². The zero-order chi connectivity index (χ0) is 22.5. The van der Waals surface area contributed by atoms with Crippen LogP contribution in [0.15, 0.2) is 52.9 Å². The van der Waals surface area contributed by atoms with Crippen LogP contribution in [0.25, 0.3) is 0 Å². The quantitative estimate of drug-likeness (QED) is 0.314. The largest absolute Gasteiger partial charge is 0.362 e. The van der Waals surface area contributed by atoms with Gasteiger partial charge in [-0.05, 0) is 24.3 Å². The average molecular weight is 475 g/mol. The molecular formula is C20H19FN6O3S2. The summed E-state index contributed by atoms with van der Waals surface area (Å²) in [6.45, 7) is 2.05. The zero-order valence-electron chi connectivity index (χ0n) is 16.8. The van der Waals surface area contributed by atoms with E-state index in [1.165, 1.54) is 41.3 Å². The van der Waals surface area contributed by atoms with Crippen LogP contribution in [-0.4, -0.2) is 57.9 Å². The SMILES string of the molecule is O=C(CSc1nnc(Nc2cccc(F)c2)s1)N1CCN(c2ccccc2[N+](=O)[O-])CC1. The predicted octanol–water partition coefficient (Wildman–Crippen LogP) is 3.77. The molecule has 2 heterocycles. The Morgan fingerprint density at radius 3 is 2.69 bits per heavy atom. The molecule has 4 rings (SSSR count). The summed E-state index contributed by atoms with van der Waals surface area (Å²) in [4.78, 5) is 27.2. The molecule has 166 valence electrons. The number of anilines is 3. The van der Waals surface area contributed by atoms with Gasteiger partial charge >= 0.3 is 0 Å². The van der Waals surface area contributed by atoms with Crippen LogP contribution >= 0.6 is 23.1 Å². The number of aromatic nitrogens is 2. The molecule has 1 aliphatic rings. The molecule has 0 saturated carbocycles. The molecular weight excluding hydrogens is 455 g/mol. The smallest absolute Gasteiger partial charge is 0.292 e. The summed E-state index contributed by atoms with van der Waals surface area (Å²) in [5.74, 6) is -0.145. The molecule has 1 aromatic heterocycles. The average Bonchev–Trinajstić information content (AvgIpc) is 3.25. The highest BCUT2D eigenvalue weighted by Gasteiger charge is 2.25. The van der Waals surface area contributed by atoms with E-state index < -0.39 is 0 Å². The van der Waals surface area contributed by atoms with Gasteiger partial charge in [-0.25, -0.2) is 4.39 Å². The summed E-state index contributed by atoms with van der Waals surface area (Å²) in [6, 6.07) is 12.7. The molecule has 1 amide bonds. The second-order valence-corrected chi connectivity index (χ2v) is 9.11. The molecule has 0 radical (unpaired) electrons. The first kappa shape index (κ1) is 22.0. The standard InChI is InChI=1S/C20H19FN6O3S2/c21-14-4-3-5-15(12-14)22-19-23-24-20(32-19)31-13-18(28)26-10-8-25(9-11-26)16-6-1-2-7-17(16)27(29)30/h1-7,12H,8-11,13H2,(H,22,23). The van der Waals surface area contributed by atoms with Crippen molar-refractivity contribution in [3.05, 3.63) is 64.5 Å². The number of rotatable bonds is 7. The minimum Gasteiger partial charge on any atom is -0.362 e. The van der Waals surface area contributed by atoms with E-state index in [1.54, 1.807) is 35.2 Å². The number of para-hydroxylation sites is 2. The highest BCUT2D eigenvalue weighted by atomic mass is 32.2. The molecule has 9 nitrogen and oxygen atoms in total. The Hall–Kier alpha value is -3.25. The highest BCUT2D eigenvalue weighted by molar-refractivity contribution is 8.01. The number of nitrogens with zero attached hydrogens (tertiary/aromatic N) is 5. The first-order valence-electron chi connectivity index (χ1n) is 9.74. The molecule has 1 fully saturated rings. The van der Waals surface area contributed by atoms with Crippen LogP contribution in [0.4, 0.5) is 26.6 Å². The van der Waals surface area contributed by atoms with Gasteiger partial charge in [-0.15, -0.1) is 10.2 Å². The van der Waals surface area contributed by atoms with Crippen molar-refractivity contribution in [3.63, 3.8) is 0 Å². The monoisotopic (exact) mass is 474 g/mol. The molecule has 1 N–H and O–H groups in total. The molecule has 2 aromatic carbocycles. The molecule has 1 aliphatic heterocycles. The number of piperazine rings is 1. The van der Waals surface area contributed by atoms with Gasteiger partial charge in [0.1, 0.15) is 11.5 Å². The fourth-order valence-electron chi connectivity index (χ4n) is 3.31. The highest BCUT2D eigenvalue weighted by Crippen LogP contribution is 2.30. The Morgan fingerprint density at radius 2 is 1.94 bits per heavy atom. The predicted molar refractivity (Wildman–Crippen MR) is 122 cm³/mol. The van der Waals surface area contributed by atoms with E-state index in [1.807, 2.05) is 4.90 Å². The lowest BCUT2D eigenvalue weighted by Gasteiger charge is -2.35. The lowest BCUT2D eigenvalue weighted by Crippen LogP contribution is -2.49. The van der Waals surface area contributed by atoms with Gasteiger partial charge in [0, 0.05) is 37.9 Å². The van der Waals surface area contributed by atoms with Gasteiger partial charge in [0.2, 0.25) is 11.0 Å². The number of carbonyl (C=O) groups is 1. The number of hydrogen-bond donors (Lipinski definition) is 1. The molecule has 0 atom stereocenters. The van der Waals surface area contributed by atoms with Gasteiger partial charge in [-0.2, -0.15) is 0 Å². The molecule has 1 saturated heterocycles. The van der Waals surface area contributed by atoms with Crippen molar-refractivity contribution in [2.45, 2.75) is 4.34 Å². The molecule has 3 aromatic rings. The van der Waals surface area contributed by atoms with Gasteiger partial charge in [-0.1, -0.05) is 41.3 Å². The molecule has 12 heteroatoms. The third-order valence-electron chi connectivity index (χ3n) is 4.85. The topological polar surface area (TPSA) is 104 Å². The van der Waals surface area contributed by atoms with Crippen LogP contribution in [0.3, 0.4) is 0 Å². The number of thioether (sulfide) groups is 1. The molecule has 0 bridgehead atoms. The first-order valence-corrected chi connectivity index (χ1v) is 11.5. The maximum atomic E-state index is 13.3. The van der Waals surface area contributed by atoms with Gasteiger partial charge in [0.25, 0.3) is 5.69 Å². The summed E-state index contributed by atoms with van der Waals surface area (Å²) in [7, 11) is 0. The van der Waals surface area contributed by atoms with Crippen LogP contribution in [0.2, 0.25) is 0 Å². The Balaban J connectivity index is 1.27. The maximum absolute atomic E-state index is 13.3. The lowest BCUT2D eigenvalue weighted by atomic mass is 10.2. The minimum atomic E-state index is -0.386. The Kier molecular flexibility index (Phi) is 6.81. The number of hydrogen-bond acceptors (Lipinski definition) is 9. The Labute approximate surface area is 191 Å². The number of amides is 1. The van der Waals surface area contributed by atoms with Crippen molar-refractivity contribution in [2.75, 3.05) is 42.1 Å². The fourth-order valence-corrected chi connectivity index (χ4v) is 4.98. The molecule has 32 heavy (non-hydrogen) atoms. The number of halogens is 1. The Bertz CT molecular complexity index is 1120. The number of benzene rings is 2. The third-order valence-corrected chi connectivity index (χ3v) is 6.81. The van der Waals surface area contributed by atoms with Crippen LogP contribution < -0.4 is 10.2 Å². The van der Waals surface area contributed by atoms with Gasteiger partial charge in [0.05, 0.1) is 10.7 Å². The van der Waals surface area contributed by atoms with Crippen molar-refractivity contribution in [3.8, 4) is 0 Å². The van der Waals surface area contributed by atoms with E-state index in [4.69, 9.17) is 0 Å². The van der Waals surface area contributed by atoms with Crippen LogP contribution in [-0.2, 0) is 4.79 Å². The minimum absolute atomic E-state index is 0.0212. The summed E-state index contributed by atoms with van der Waals surface area (Å²) in [5.41, 5.74) is 1.22. The van der Waals surface area contributed by atoms with E-state index in [0.717, 1.165) is 0 Å². The van der Waals surface area contributed by atoms with E-state index in [2.05, 4.69) is 15.5 Å². The van der Waals surface area contributed by atoms with Crippen LogP contribution in [0.5, 0.6) is 0 Å². The number of carbonyl (C=O) groups excluding carboxylic acids is 1. The number of nitrogens with one attached hydrogen (secondary N) is 1.